The predicted octanol–water partition coefficient (Wildman–Crippen LogP) is 1.04. The number of hydrogen-bond acceptors (Lipinski definition) is 5. The Bertz CT molecular complexity index is 539. The average Bonchev–Trinajstić information content (AvgIpc) is 2.28. The summed E-state index contributed by atoms with van der Waals surface area (Å²) >= 11 is 0. The van der Waals surface area contributed by atoms with Crippen LogP contribution in [0.15, 0.2) is 24.3 Å². The van der Waals surface area contributed by atoms with Crippen LogP contribution >= 0.6 is 0 Å². The molecule has 0 radical (unpaired) electrons. The Morgan fingerprint density at radius 3 is 2.63 bits per heavy atom. The summed E-state index contributed by atoms with van der Waals surface area (Å²) in [5.41, 5.74) is 0.691. The Morgan fingerprint density at radius 2 is 2.05 bits per heavy atom. The number of benzene rings is 1. The third-order valence-electron chi connectivity index (χ3n) is 2.29. The summed E-state index contributed by atoms with van der Waals surface area (Å²) in [6, 6.07) is 6.44. The summed E-state index contributed by atoms with van der Waals surface area (Å²) in [7, 11) is -3.85. The van der Waals surface area contributed by atoms with Crippen LogP contribution in [-0.4, -0.2) is 31.9 Å². The zero-order valence-corrected chi connectivity index (χ0v) is 11.6. The van der Waals surface area contributed by atoms with E-state index >= 15 is 0 Å². The fraction of sp³-hybridized carbons (Fsp3) is 0.417. The number of para-hydroxylation sites is 1. The van der Waals surface area contributed by atoms with Gasteiger partial charge in [-0.1, -0.05) is 18.2 Å². The van der Waals surface area contributed by atoms with E-state index in [1.165, 1.54) is 13.0 Å². The van der Waals surface area contributed by atoms with E-state index in [1.54, 1.807) is 25.1 Å². The molecule has 0 bridgehead atoms. The van der Waals surface area contributed by atoms with Crippen LogP contribution in [0.1, 0.15) is 25.5 Å². The van der Waals surface area contributed by atoms with E-state index in [1.807, 2.05) is 0 Å². The highest BCUT2D eigenvalue weighted by molar-refractivity contribution is 7.93. The molecule has 19 heavy (non-hydrogen) atoms. The van der Waals surface area contributed by atoms with Crippen molar-refractivity contribution in [2.75, 3.05) is 17.1 Å². The fourth-order valence-electron chi connectivity index (χ4n) is 1.52. The highest BCUT2D eigenvalue weighted by Crippen LogP contribution is 2.23. The number of carbonyl (C=O) groups excluding carboxylic acids is 1. The number of nitrogens with one attached hydrogen (secondary N) is 1. The first-order valence-corrected chi connectivity index (χ1v) is 7.44. The van der Waals surface area contributed by atoms with Gasteiger partial charge in [-0.15, -0.1) is 0 Å². The molecule has 0 aliphatic rings. The third-order valence-corrected chi connectivity index (χ3v) is 3.44. The second-order valence-electron chi connectivity index (χ2n) is 3.93. The molecule has 0 heterocycles. The Kier molecular flexibility index (Phi) is 5.31. The Labute approximate surface area is 112 Å². The van der Waals surface area contributed by atoms with E-state index in [4.69, 9.17) is 0 Å². The number of aliphatic hydroxyl groups excluding tert-OH is 1. The molecule has 0 saturated heterocycles. The summed E-state index contributed by atoms with van der Waals surface area (Å²) < 4.78 is 30.4. The van der Waals surface area contributed by atoms with Gasteiger partial charge in [0.25, 0.3) is 0 Å². The summed E-state index contributed by atoms with van der Waals surface area (Å²) in [5.74, 6) is -1.57. The molecule has 1 atom stereocenters. The molecule has 0 saturated carbocycles. The summed E-state index contributed by atoms with van der Waals surface area (Å²) in [4.78, 5) is 11.2. The van der Waals surface area contributed by atoms with Crippen molar-refractivity contribution in [2.45, 2.75) is 20.0 Å². The molecule has 6 nitrogen and oxygen atoms in total. The standard InChI is InChI=1S/C12H17NO5S/c1-3-18-12(15)8-19(16,17)13-11-7-5-4-6-10(11)9(2)14/h4-7,9,13-14H,3,8H2,1-2H3. The number of ether oxygens (including phenoxy) is 1. The van der Waals surface area contributed by atoms with Crippen LogP contribution in [0.4, 0.5) is 5.69 Å². The third kappa shape index (κ3) is 4.88. The number of aliphatic hydroxyl groups is 1. The summed E-state index contributed by atoms with van der Waals surface area (Å²) in [6.07, 6.45) is -0.818. The van der Waals surface area contributed by atoms with Gasteiger partial charge in [-0.3, -0.25) is 9.52 Å². The molecule has 1 rings (SSSR count). The normalized spacial score (nSPS) is 12.8. The van der Waals surface area contributed by atoms with Gasteiger partial charge in [0.1, 0.15) is 0 Å². The molecule has 2 N–H and O–H groups in total. The van der Waals surface area contributed by atoms with Crippen molar-refractivity contribution in [1.82, 2.24) is 0 Å². The van der Waals surface area contributed by atoms with Crippen LogP contribution in [0.3, 0.4) is 0 Å². The molecule has 1 aromatic rings. The lowest BCUT2D eigenvalue weighted by atomic mass is 10.1. The number of sulfonamides is 1. The van der Waals surface area contributed by atoms with Crippen LogP contribution in [-0.2, 0) is 19.6 Å². The quantitative estimate of drug-likeness (QED) is 0.763. The zero-order chi connectivity index (χ0) is 14.5. The molecule has 0 fully saturated rings. The van der Waals surface area contributed by atoms with Crippen molar-refractivity contribution in [3.8, 4) is 0 Å². The van der Waals surface area contributed by atoms with Crippen LogP contribution < -0.4 is 4.72 Å². The SMILES string of the molecule is CCOC(=O)CS(=O)(=O)Nc1ccccc1C(C)O. The number of carbonyl (C=O) groups is 1. The van der Waals surface area contributed by atoms with Crippen LogP contribution in [0, 0.1) is 0 Å². The van der Waals surface area contributed by atoms with Crippen molar-refractivity contribution in [1.29, 1.82) is 0 Å². The maximum absolute atomic E-state index is 11.8. The molecule has 0 spiro atoms. The molecule has 0 aliphatic carbocycles. The van der Waals surface area contributed by atoms with E-state index in [-0.39, 0.29) is 12.3 Å². The molecule has 0 aliphatic heterocycles. The summed E-state index contributed by atoms with van der Waals surface area (Å²) in [6.45, 7) is 3.25. The second kappa shape index (κ2) is 6.53. The second-order valence-corrected chi connectivity index (χ2v) is 5.65. The number of esters is 1. The van der Waals surface area contributed by atoms with Gasteiger partial charge in [-0.25, -0.2) is 8.42 Å². The van der Waals surface area contributed by atoms with E-state index in [9.17, 15) is 18.3 Å². The minimum atomic E-state index is -3.85. The lowest BCUT2D eigenvalue weighted by molar-refractivity contribution is -0.139. The molecule has 7 heteroatoms. The largest absolute Gasteiger partial charge is 0.465 e. The summed E-state index contributed by atoms with van der Waals surface area (Å²) in [5, 5.41) is 9.54. The molecule has 0 amide bonds. The van der Waals surface area contributed by atoms with E-state index < -0.39 is 27.8 Å². The average molecular weight is 287 g/mol. The first-order chi connectivity index (χ1) is 8.85. The van der Waals surface area contributed by atoms with E-state index in [2.05, 4.69) is 9.46 Å². The first-order valence-electron chi connectivity index (χ1n) is 5.79. The van der Waals surface area contributed by atoms with Crippen LogP contribution in [0.5, 0.6) is 0 Å². The molecular weight excluding hydrogens is 270 g/mol. The highest BCUT2D eigenvalue weighted by atomic mass is 32.2. The number of hydrogen-bond donors (Lipinski definition) is 2. The Hall–Kier alpha value is -1.60. The minimum absolute atomic E-state index is 0.124. The molecule has 1 aromatic carbocycles. The minimum Gasteiger partial charge on any atom is -0.465 e. The van der Waals surface area contributed by atoms with Gasteiger partial charge >= 0.3 is 5.97 Å². The maximum atomic E-state index is 11.8. The highest BCUT2D eigenvalue weighted by Gasteiger charge is 2.19. The lowest BCUT2D eigenvalue weighted by Crippen LogP contribution is -2.25. The molecule has 106 valence electrons. The topological polar surface area (TPSA) is 92.7 Å². The first kappa shape index (κ1) is 15.5. The Balaban J connectivity index is 2.87. The number of rotatable bonds is 6. The van der Waals surface area contributed by atoms with Crippen molar-refractivity contribution >= 4 is 21.7 Å². The van der Waals surface area contributed by atoms with Gasteiger partial charge in [0.15, 0.2) is 5.75 Å². The molecule has 1 unspecified atom stereocenters. The van der Waals surface area contributed by atoms with Gasteiger partial charge in [-0.2, -0.15) is 0 Å². The smallest absolute Gasteiger partial charge is 0.323 e. The van der Waals surface area contributed by atoms with E-state index in [0.29, 0.717) is 5.56 Å². The van der Waals surface area contributed by atoms with Crippen molar-refractivity contribution in [2.24, 2.45) is 0 Å². The monoisotopic (exact) mass is 287 g/mol. The van der Waals surface area contributed by atoms with Gasteiger partial charge in [0, 0.05) is 5.56 Å². The van der Waals surface area contributed by atoms with Gasteiger partial charge in [0.05, 0.1) is 18.4 Å². The van der Waals surface area contributed by atoms with Crippen molar-refractivity contribution in [3.05, 3.63) is 29.8 Å². The van der Waals surface area contributed by atoms with Gasteiger partial charge in [0.2, 0.25) is 10.0 Å². The van der Waals surface area contributed by atoms with Crippen molar-refractivity contribution in [3.63, 3.8) is 0 Å². The van der Waals surface area contributed by atoms with Crippen LogP contribution in [0.25, 0.3) is 0 Å². The maximum Gasteiger partial charge on any atom is 0.323 e. The Morgan fingerprint density at radius 1 is 1.42 bits per heavy atom. The molecule has 0 aromatic heterocycles. The zero-order valence-electron chi connectivity index (χ0n) is 10.8. The van der Waals surface area contributed by atoms with Gasteiger partial charge < -0.3 is 9.84 Å². The lowest BCUT2D eigenvalue weighted by Gasteiger charge is -2.13. The van der Waals surface area contributed by atoms with E-state index in [0.717, 1.165) is 0 Å². The molecular formula is C12H17NO5S. The van der Waals surface area contributed by atoms with Gasteiger partial charge in [-0.05, 0) is 19.9 Å². The predicted molar refractivity (Wildman–Crippen MR) is 71.1 cm³/mol. The fourth-order valence-corrected chi connectivity index (χ4v) is 2.50. The number of anilines is 1. The van der Waals surface area contributed by atoms with Crippen LogP contribution in [0.2, 0.25) is 0 Å². The van der Waals surface area contributed by atoms with Crippen molar-refractivity contribution < 1.29 is 23.1 Å².